The first kappa shape index (κ1) is 23.7. The third-order valence-electron chi connectivity index (χ3n) is 7.33. The fraction of sp³-hybridized carbons (Fsp3) is 0.440. The van der Waals surface area contributed by atoms with Gasteiger partial charge in [-0.1, -0.05) is 19.9 Å². The summed E-state index contributed by atoms with van der Waals surface area (Å²) in [4.78, 5) is 23.5. The van der Waals surface area contributed by atoms with E-state index in [4.69, 9.17) is 10.5 Å². The standard InChI is InChI=1S/C25H32N6O3/c1-24(2)21(8-10-31(25(24,3)4)23(33)7-9-26)34-22-15-27-19(14-28-22)18-6-5-16(11-20(18)32)17-12-29-30-13-17/h5-6,11-15,21,32H,7-10,26H2,1-4H3,(H,29,30). The number of carbonyl (C=O) groups excluding carboxylic acids is 1. The molecule has 0 spiro atoms. The molecule has 3 aromatic rings. The Morgan fingerprint density at radius 1 is 1.21 bits per heavy atom. The van der Waals surface area contributed by atoms with Gasteiger partial charge in [0, 0.05) is 54.2 Å². The van der Waals surface area contributed by atoms with Crippen molar-refractivity contribution in [2.75, 3.05) is 13.1 Å². The van der Waals surface area contributed by atoms with Crippen molar-refractivity contribution in [2.24, 2.45) is 11.1 Å². The van der Waals surface area contributed by atoms with E-state index in [2.05, 4.69) is 47.9 Å². The second kappa shape index (κ2) is 9.06. The Balaban J connectivity index is 1.49. The first-order valence-corrected chi connectivity index (χ1v) is 11.5. The summed E-state index contributed by atoms with van der Waals surface area (Å²) in [5.74, 6) is 0.592. The Morgan fingerprint density at radius 3 is 2.62 bits per heavy atom. The minimum absolute atomic E-state index is 0.0711. The van der Waals surface area contributed by atoms with Crippen molar-refractivity contribution >= 4 is 5.91 Å². The zero-order valence-electron chi connectivity index (χ0n) is 20.1. The Hall–Kier alpha value is -3.46. The van der Waals surface area contributed by atoms with Crippen molar-refractivity contribution in [2.45, 2.75) is 52.2 Å². The highest BCUT2D eigenvalue weighted by atomic mass is 16.5. The Kier molecular flexibility index (Phi) is 6.31. The number of carbonyl (C=O) groups is 1. The van der Waals surface area contributed by atoms with Crippen LogP contribution in [0.2, 0.25) is 0 Å². The lowest BCUT2D eigenvalue weighted by Gasteiger charge is -2.56. The van der Waals surface area contributed by atoms with Crippen LogP contribution in [-0.2, 0) is 4.79 Å². The smallest absolute Gasteiger partial charge is 0.232 e. The molecule has 1 fully saturated rings. The van der Waals surface area contributed by atoms with E-state index in [-0.39, 0.29) is 23.2 Å². The van der Waals surface area contributed by atoms with Crippen LogP contribution in [0.25, 0.3) is 22.4 Å². The summed E-state index contributed by atoms with van der Waals surface area (Å²) in [5, 5.41) is 17.2. The molecule has 3 heterocycles. The normalized spacial score (nSPS) is 19.1. The highest BCUT2D eigenvalue weighted by Gasteiger charge is 2.52. The van der Waals surface area contributed by atoms with Crippen molar-refractivity contribution in [1.29, 1.82) is 0 Å². The second-order valence-corrected chi connectivity index (χ2v) is 9.72. The molecule has 0 radical (unpaired) electrons. The molecule has 34 heavy (non-hydrogen) atoms. The van der Waals surface area contributed by atoms with Gasteiger partial charge in [0.05, 0.1) is 24.3 Å². The SMILES string of the molecule is CC1(C)C(Oc2cnc(-c3ccc(-c4cn[nH]c4)cc3O)cn2)CCN(C(=O)CCN)C1(C)C. The number of amides is 1. The summed E-state index contributed by atoms with van der Waals surface area (Å²) in [6.45, 7) is 9.31. The minimum atomic E-state index is -0.419. The highest BCUT2D eigenvalue weighted by Crippen LogP contribution is 2.45. The number of aromatic nitrogens is 4. The van der Waals surface area contributed by atoms with Crippen molar-refractivity contribution in [1.82, 2.24) is 25.1 Å². The number of ether oxygens (including phenoxy) is 1. The molecule has 180 valence electrons. The number of hydrogen-bond acceptors (Lipinski definition) is 7. The van der Waals surface area contributed by atoms with Crippen LogP contribution in [0.1, 0.15) is 40.5 Å². The van der Waals surface area contributed by atoms with Gasteiger partial charge in [0.25, 0.3) is 0 Å². The molecule has 1 atom stereocenters. The summed E-state index contributed by atoms with van der Waals surface area (Å²) in [6, 6.07) is 5.38. The lowest BCUT2D eigenvalue weighted by atomic mass is 9.66. The van der Waals surface area contributed by atoms with Gasteiger partial charge in [-0.3, -0.25) is 9.89 Å². The molecule has 0 saturated carbocycles. The number of piperidine rings is 1. The van der Waals surface area contributed by atoms with Crippen LogP contribution >= 0.6 is 0 Å². The summed E-state index contributed by atoms with van der Waals surface area (Å²) in [5.41, 5.74) is 7.72. The van der Waals surface area contributed by atoms with Gasteiger partial charge < -0.3 is 20.5 Å². The molecule has 0 bridgehead atoms. The summed E-state index contributed by atoms with van der Waals surface area (Å²) in [7, 11) is 0. The van der Waals surface area contributed by atoms with Crippen LogP contribution in [0, 0.1) is 5.41 Å². The van der Waals surface area contributed by atoms with E-state index in [0.29, 0.717) is 43.1 Å². The molecule has 9 heteroatoms. The number of likely N-dealkylation sites (tertiary alicyclic amines) is 1. The molecule has 1 aromatic carbocycles. The number of aromatic hydroxyl groups is 1. The molecule has 1 amide bonds. The fourth-order valence-electron chi connectivity index (χ4n) is 4.53. The molecule has 1 unspecified atom stereocenters. The van der Waals surface area contributed by atoms with Crippen LogP contribution in [0.3, 0.4) is 0 Å². The van der Waals surface area contributed by atoms with Crippen LogP contribution < -0.4 is 10.5 Å². The third kappa shape index (κ3) is 4.23. The molecular weight excluding hydrogens is 432 g/mol. The maximum Gasteiger partial charge on any atom is 0.232 e. The van der Waals surface area contributed by atoms with Gasteiger partial charge in [0.1, 0.15) is 11.9 Å². The fourth-order valence-corrected chi connectivity index (χ4v) is 4.53. The van der Waals surface area contributed by atoms with E-state index in [0.717, 1.165) is 11.1 Å². The first-order chi connectivity index (χ1) is 16.1. The van der Waals surface area contributed by atoms with Crippen LogP contribution in [-0.4, -0.2) is 60.8 Å². The van der Waals surface area contributed by atoms with E-state index in [1.54, 1.807) is 30.9 Å². The van der Waals surface area contributed by atoms with Gasteiger partial charge in [-0.15, -0.1) is 0 Å². The number of nitrogens with two attached hydrogens (primary N) is 1. The first-order valence-electron chi connectivity index (χ1n) is 11.5. The molecule has 1 aliphatic rings. The zero-order chi connectivity index (χ0) is 24.5. The molecule has 0 aliphatic carbocycles. The lowest BCUT2D eigenvalue weighted by Crippen LogP contribution is -2.65. The van der Waals surface area contributed by atoms with E-state index in [1.807, 2.05) is 17.0 Å². The summed E-state index contributed by atoms with van der Waals surface area (Å²) < 4.78 is 6.27. The average molecular weight is 465 g/mol. The second-order valence-electron chi connectivity index (χ2n) is 9.72. The maximum atomic E-state index is 12.6. The molecule has 4 N–H and O–H groups in total. The Labute approximate surface area is 199 Å². The monoisotopic (exact) mass is 464 g/mol. The predicted octanol–water partition coefficient (Wildman–Crippen LogP) is 3.37. The van der Waals surface area contributed by atoms with E-state index in [1.165, 1.54) is 0 Å². The van der Waals surface area contributed by atoms with Crippen molar-refractivity contribution in [3.63, 3.8) is 0 Å². The number of hydrogen-bond donors (Lipinski definition) is 3. The Morgan fingerprint density at radius 2 is 2.00 bits per heavy atom. The van der Waals surface area contributed by atoms with Gasteiger partial charge in [0.2, 0.25) is 11.8 Å². The highest BCUT2D eigenvalue weighted by molar-refractivity contribution is 5.77. The largest absolute Gasteiger partial charge is 0.507 e. The molecule has 1 saturated heterocycles. The number of benzene rings is 1. The van der Waals surface area contributed by atoms with Crippen LogP contribution in [0.5, 0.6) is 11.6 Å². The topological polar surface area (TPSA) is 130 Å². The molecule has 9 nitrogen and oxygen atoms in total. The molecule has 4 rings (SSSR count). The van der Waals surface area contributed by atoms with E-state index in [9.17, 15) is 9.90 Å². The van der Waals surface area contributed by atoms with Gasteiger partial charge in [-0.2, -0.15) is 5.10 Å². The lowest BCUT2D eigenvalue weighted by molar-refractivity contribution is -0.155. The van der Waals surface area contributed by atoms with Gasteiger partial charge in [-0.05, 0) is 31.5 Å². The van der Waals surface area contributed by atoms with E-state index < -0.39 is 5.54 Å². The number of rotatable bonds is 6. The third-order valence-corrected chi connectivity index (χ3v) is 7.33. The van der Waals surface area contributed by atoms with Crippen LogP contribution in [0.15, 0.2) is 43.0 Å². The van der Waals surface area contributed by atoms with Crippen molar-refractivity contribution in [3.05, 3.63) is 43.0 Å². The van der Waals surface area contributed by atoms with Gasteiger partial charge >= 0.3 is 0 Å². The average Bonchev–Trinajstić information content (AvgIpc) is 3.33. The summed E-state index contributed by atoms with van der Waals surface area (Å²) >= 11 is 0. The molecule has 2 aromatic heterocycles. The van der Waals surface area contributed by atoms with Gasteiger partial charge in [-0.25, -0.2) is 9.97 Å². The number of aromatic amines is 1. The zero-order valence-corrected chi connectivity index (χ0v) is 20.1. The number of phenolic OH excluding ortho intramolecular Hbond substituents is 1. The summed E-state index contributed by atoms with van der Waals surface area (Å²) in [6.07, 6.45) is 7.52. The van der Waals surface area contributed by atoms with E-state index >= 15 is 0 Å². The van der Waals surface area contributed by atoms with Crippen LogP contribution in [0.4, 0.5) is 0 Å². The number of phenols is 1. The van der Waals surface area contributed by atoms with Crippen molar-refractivity contribution < 1.29 is 14.6 Å². The Bertz CT molecular complexity index is 1140. The number of H-pyrrole nitrogens is 1. The van der Waals surface area contributed by atoms with Gasteiger partial charge in [0.15, 0.2) is 0 Å². The predicted molar refractivity (Wildman–Crippen MR) is 129 cm³/mol. The van der Waals surface area contributed by atoms with Crippen molar-refractivity contribution in [3.8, 4) is 34.0 Å². The molecule has 1 aliphatic heterocycles. The number of nitrogens with zero attached hydrogens (tertiary/aromatic N) is 4. The quantitative estimate of drug-likeness (QED) is 0.510. The number of nitrogens with one attached hydrogen (secondary N) is 1. The molecular formula is C25H32N6O3. The maximum absolute atomic E-state index is 12.6. The minimum Gasteiger partial charge on any atom is -0.507 e.